The minimum Gasteiger partial charge on any atom is -0.433 e. The average molecular weight is 357 g/mol. The van der Waals surface area contributed by atoms with E-state index in [0.717, 1.165) is 11.3 Å². The van der Waals surface area contributed by atoms with Crippen LogP contribution in [0.2, 0.25) is 0 Å². The molecule has 26 heavy (non-hydrogen) atoms. The highest BCUT2D eigenvalue weighted by molar-refractivity contribution is 5.56. The van der Waals surface area contributed by atoms with Crippen molar-refractivity contribution in [2.75, 3.05) is 5.32 Å². The van der Waals surface area contributed by atoms with Crippen LogP contribution in [0.15, 0.2) is 42.7 Å². The second-order valence-corrected chi connectivity index (χ2v) is 5.54. The second-order valence-electron chi connectivity index (χ2n) is 5.54. The van der Waals surface area contributed by atoms with Gasteiger partial charge in [-0.3, -0.25) is 9.97 Å². The number of halogens is 2. The highest BCUT2D eigenvalue weighted by atomic mass is 19.3. The van der Waals surface area contributed by atoms with Crippen LogP contribution in [0.25, 0.3) is 11.5 Å². The molecule has 0 spiro atoms. The fourth-order valence-electron chi connectivity index (χ4n) is 2.27. The van der Waals surface area contributed by atoms with E-state index in [1.807, 2.05) is 32.0 Å². The van der Waals surface area contributed by atoms with Crippen molar-refractivity contribution in [2.45, 2.75) is 27.0 Å². The van der Waals surface area contributed by atoms with Crippen LogP contribution in [0.1, 0.15) is 17.0 Å². The van der Waals surface area contributed by atoms with E-state index in [1.54, 1.807) is 12.3 Å². The molecule has 0 bridgehead atoms. The lowest BCUT2D eigenvalue weighted by Crippen LogP contribution is -2.08. The molecule has 8 heteroatoms. The number of aryl methyl sites for hydroxylation is 1. The summed E-state index contributed by atoms with van der Waals surface area (Å²) in [7, 11) is 0. The average Bonchev–Trinajstić information content (AvgIpc) is 2.64. The summed E-state index contributed by atoms with van der Waals surface area (Å²) >= 11 is 0. The summed E-state index contributed by atoms with van der Waals surface area (Å²) in [6, 6.07) is 8.62. The zero-order valence-electron chi connectivity index (χ0n) is 14.3. The Morgan fingerprint density at radius 2 is 1.92 bits per heavy atom. The fourth-order valence-corrected chi connectivity index (χ4v) is 2.27. The first-order valence-corrected chi connectivity index (χ1v) is 7.93. The van der Waals surface area contributed by atoms with Gasteiger partial charge in [-0.25, -0.2) is 9.97 Å². The first-order valence-electron chi connectivity index (χ1n) is 7.93. The van der Waals surface area contributed by atoms with Crippen LogP contribution in [0, 0.1) is 13.8 Å². The van der Waals surface area contributed by atoms with Gasteiger partial charge in [-0.2, -0.15) is 8.78 Å². The zero-order chi connectivity index (χ0) is 18.5. The number of hydrogen-bond donors (Lipinski definition) is 1. The zero-order valence-corrected chi connectivity index (χ0v) is 14.3. The molecule has 6 nitrogen and oxygen atoms in total. The van der Waals surface area contributed by atoms with Crippen LogP contribution in [0.3, 0.4) is 0 Å². The van der Waals surface area contributed by atoms with Crippen molar-refractivity contribution in [1.29, 1.82) is 0 Å². The van der Waals surface area contributed by atoms with Crippen LogP contribution in [0.4, 0.5) is 14.6 Å². The van der Waals surface area contributed by atoms with Crippen molar-refractivity contribution in [2.24, 2.45) is 0 Å². The quantitative estimate of drug-likeness (QED) is 0.724. The number of aromatic nitrogens is 4. The maximum atomic E-state index is 12.2. The summed E-state index contributed by atoms with van der Waals surface area (Å²) < 4.78 is 28.6. The van der Waals surface area contributed by atoms with Crippen molar-refractivity contribution in [3.63, 3.8) is 0 Å². The van der Waals surface area contributed by atoms with E-state index in [-0.39, 0.29) is 5.75 Å². The second kappa shape index (κ2) is 7.81. The van der Waals surface area contributed by atoms with E-state index >= 15 is 0 Å². The Morgan fingerprint density at radius 1 is 1.08 bits per heavy atom. The number of hydrogen-bond acceptors (Lipinski definition) is 6. The summed E-state index contributed by atoms with van der Waals surface area (Å²) in [5.41, 5.74) is 3.12. The Bertz CT molecular complexity index is 873. The molecular formula is C18H17F2N5O. The largest absolute Gasteiger partial charge is 0.433 e. The van der Waals surface area contributed by atoms with E-state index in [1.165, 1.54) is 12.3 Å². The van der Waals surface area contributed by atoms with Crippen LogP contribution < -0.4 is 10.1 Å². The smallest absolute Gasteiger partial charge is 0.387 e. The number of alkyl halides is 2. The van der Waals surface area contributed by atoms with Crippen molar-refractivity contribution < 1.29 is 13.5 Å². The lowest BCUT2D eigenvalue weighted by atomic mass is 10.2. The Morgan fingerprint density at radius 3 is 2.58 bits per heavy atom. The third-order valence-electron chi connectivity index (χ3n) is 3.74. The van der Waals surface area contributed by atoms with Crippen molar-refractivity contribution in [3.8, 4) is 17.3 Å². The maximum Gasteiger partial charge on any atom is 0.387 e. The van der Waals surface area contributed by atoms with Gasteiger partial charge in [0, 0.05) is 17.5 Å². The first kappa shape index (κ1) is 17.7. The van der Waals surface area contributed by atoms with Crippen LogP contribution >= 0.6 is 0 Å². The van der Waals surface area contributed by atoms with E-state index in [2.05, 4.69) is 30.0 Å². The molecule has 0 unspecified atom stereocenters. The SMILES string of the molecule is Cc1nc(-c2ccccn2)nc(NCc2ccc(OC(F)F)cn2)c1C. The van der Waals surface area contributed by atoms with Gasteiger partial charge in [0.2, 0.25) is 0 Å². The number of anilines is 1. The molecule has 0 amide bonds. The number of ether oxygens (including phenoxy) is 1. The van der Waals surface area contributed by atoms with Gasteiger partial charge < -0.3 is 10.1 Å². The molecule has 0 aliphatic rings. The third kappa shape index (κ3) is 4.27. The molecular weight excluding hydrogens is 340 g/mol. The fraction of sp³-hybridized carbons (Fsp3) is 0.222. The number of nitrogens with one attached hydrogen (secondary N) is 1. The number of rotatable bonds is 6. The van der Waals surface area contributed by atoms with E-state index in [4.69, 9.17) is 0 Å². The summed E-state index contributed by atoms with van der Waals surface area (Å²) in [5, 5.41) is 3.21. The van der Waals surface area contributed by atoms with Crippen LogP contribution in [-0.2, 0) is 6.54 Å². The normalized spacial score (nSPS) is 10.8. The standard InChI is InChI=1S/C18H17F2N5O/c1-11-12(2)24-17(15-5-3-4-8-21-15)25-16(11)23-9-13-6-7-14(10-22-13)26-18(19)20/h3-8,10,18H,9H2,1-2H3,(H,23,24,25). The van der Waals surface area contributed by atoms with Crippen molar-refractivity contribution >= 4 is 5.82 Å². The molecule has 3 heterocycles. The minimum absolute atomic E-state index is 0.0234. The molecule has 1 N–H and O–H groups in total. The van der Waals surface area contributed by atoms with Crippen LogP contribution in [-0.4, -0.2) is 26.5 Å². The third-order valence-corrected chi connectivity index (χ3v) is 3.74. The molecule has 0 atom stereocenters. The van der Waals surface area contributed by atoms with Gasteiger partial charge in [-0.15, -0.1) is 0 Å². The molecule has 3 rings (SSSR count). The van der Waals surface area contributed by atoms with Gasteiger partial charge in [0.1, 0.15) is 17.3 Å². The molecule has 0 aliphatic carbocycles. The monoisotopic (exact) mass is 357 g/mol. The van der Waals surface area contributed by atoms with E-state index < -0.39 is 6.61 Å². The minimum atomic E-state index is -2.86. The molecule has 0 aromatic carbocycles. The summed E-state index contributed by atoms with van der Waals surface area (Å²) in [5.74, 6) is 1.23. The molecule has 134 valence electrons. The number of pyridine rings is 2. The van der Waals surface area contributed by atoms with Crippen molar-refractivity contribution in [3.05, 3.63) is 59.7 Å². The first-order chi connectivity index (χ1) is 12.5. The Balaban J connectivity index is 1.76. The molecule has 0 saturated heterocycles. The topological polar surface area (TPSA) is 72.8 Å². The van der Waals surface area contributed by atoms with Gasteiger partial charge in [0.05, 0.1) is 18.4 Å². The van der Waals surface area contributed by atoms with Gasteiger partial charge in [0.15, 0.2) is 5.82 Å². The van der Waals surface area contributed by atoms with E-state index in [9.17, 15) is 8.78 Å². The highest BCUT2D eigenvalue weighted by Crippen LogP contribution is 2.21. The summed E-state index contributed by atoms with van der Waals surface area (Å²) in [4.78, 5) is 17.4. The lowest BCUT2D eigenvalue weighted by Gasteiger charge is -2.12. The lowest BCUT2D eigenvalue weighted by molar-refractivity contribution is -0.0500. The highest BCUT2D eigenvalue weighted by Gasteiger charge is 2.11. The van der Waals surface area contributed by atoms with Crippen LogP contribution in [0.5, 0.6) is 5.75 Å². The Kier molecular flexibility index (Phi) is 5.31. The van der Waals surface area contributed by atoms with Gasteiger partial charge in [-0.1, -0.05) is 6.07 Å². The van der Waals surface area contributed by atoms with E-state index in [0.29, 0.717) is 29.6 Å². The predicted octanol–water partition coefficient (Wildman–Crippen LogP) is 3.76. The molecule has 3 aromatic rings. The molecule has 3 aromatic heterocycles. The Hall–Kier alpha value is -3.16. The molecule has 0 fully saturated rings. The summed E-state index contributed by atoms with van der Waals surface area (Å²) in [6.45, 7) is 1.35. The molecule has 0 saturated carbocycles. The molecule has 0 aliphatic heterocycles. The predicted molar refractivity (Wildman–Crippen MR) is 92.9 cm³/mol. The summed E-state index contributed by atoms with van der Waals surface area (Å²) in [6.07, 6.45) is 2.95. The van der Waals surface area contributed by atoms with Gasteiger partial charge in [0.25, 0.3) is 0 Å². The maximum absolute atomic E-state index is 12.2. The van der Waals surface area contributed by atoms with Gasteiger partial charge in [-0.05, 0) is 38.1 Å². The van der Waals surface area contributed by atoms with Crippen molar-refractivity contribution in [1.82, 2.24) is 19.9 Å². The van der Waals surface area contributed by atoms with Gasteiger partial charge >= 0.3 is 6.61 Å². The number of nitrogens with zero attached hydrogens (tertiary/aromatic N) is 4. The molecule has 0 radical (unpaired) electrons. The Labute approximate surface area is 149 Å².